The molecule has 1 aromatic heterocycles. The van der Waals surface area contributed by atoms with Gasteiger partial charge in [0.1, 0.15) is 17.5 Å². The summed E-state index contributed by atoms with van der Waals surface area (Å²) in [4.78, 5) is 4.33. The molecule has 7 N–H and O–H groups in total. The highest BCUT2D eigenvalue weighted by Crippen LogP contribution is 2.28. The standard InChI is InChI=1S/C14H18FN7O.C11H15FN2O/c15-11-7-10(18-19-12-13(16)20-21-14(12)17)2-1-9(11)8-22-3-5-23-6-4-22;12-11-7-10(13)2-1-9(11)8-14-3-5-15-6-4-14/h1-2,7H,3-6,8H2,(H5,16,17,20,21);1-2,7H,3-6,8,13H2. The van der Waals surface area contributed by atoms with E-state index in [1.54, 1.807) is 24.3 Å². The number of morpholine rings is 2. The number of ether oxygens (including phenoxy) is 2. The molecule has 0 atom stereocenters. The molecular weight excluding hydrogens is 496 g/mol. The zero-order chi connectivity index (χ0) is 26.9. The van der Waals surface area contributed by atoms with Gasteiger partial charge in [-0.2, -0.15) is 10.2 Å². The van der Waals surface area contributed by atoms with Gasteiger partial charge in [-0.1, -0.05) is 12.1 Å². The summed E-state index contributed by atoms with van der Waals surface area (Å²) >= 11 is 0. The third-order valence-corrected chi connectivity index (χ3v) is 6.17. The number of nitrogens with zero attached hydrogens (tertiary/aromatic N) is 5. The predicted molar refractivity (Wildman–Crippen MR) is 141 cm³/mol. The fourth-order valence-corrected chi connectivity index (χ4v) is 4.00. The lowest BCUT2D eigenvalue weighted by Crippen LogP contribution is -2.35. The first-order chi connectivity index (χ1) is 18.4. The minimum atomic E-state index is -0.318. The normalized spacial score (nSPS) is 16.9. The van der Waals surface area contributed by atoms with E-state index in [1.807, 2.05) is 0 Å². The molecular formula is C25H33F2N9O2. The summed E-state index contributed by atoms with van der Waals surface area (Å²) in [5, 5.41) is 14.1. The molecule has 13 heteroatoms. The van der Waals surface area contributed by atoms with E-state index in [4.69, 9.17) is 26.7 Å². The maximum Gasteiger partial charge on any atom is 0.175 e. The van der Waals surface area contributed by atoms with E-state index in [9.17, 15) is 8.78 Å². The van der Waals surface area contributed by atoms with Crippen molar-refractivity contribution in [1.29, 1.82) is 0 Å². The third-order valence-electron chi connectivity index (χ3n) is 6.17. The number of nitrogens with two attached hydrogens (primary N) is 3. The molecule has 0 amide bonds. The molecule has 0 radical (unpaired) electrons. The van der Waals surface area contributed by atoms with Crippen molar-refractivity contribution in [3.05, 3.63) is 59.2 Å². The highest BCUT2D eigenvalue weighted by atomic mass is 19.1. The van der Waals surface area contributed by atoms with Gasteiger partial charge in [-0.05, 0) is 18.2 Å². The lowest BCUT2D eigenvalue weighted by molar-refractivity contribution is 0.0337. The molecule has 2 saturated heterocycles. The Morgan fingerprint density at radius 3 is 1.84 bits per heavy atom. The number of azo groups is 1. The lowest BCUT2D eigenvalue weighted by Gasteiger charge is -2.26. The Kier molecular flexibility index (Phi) is 9.54. The Hall–Kier alpha value is -3.65. The zero-order valence-corrected chi connectivity index (χ0v) is 21.1. The van der Waals surface area contributed by atoms with Crippen LogP contribution in [0.3, 0.4) is 0 Å². The van der Waals surface area contributed by atoms with E-state index in [-0.39, 0.29) is 29.0 Å². The Morgan fingerprint density at radius 1 is 0.789 bits per heavy atom. The molecule has 2 fully saturated rings. The van der Waals surface area contributed by atoms with E-state index < -0.39 is 0 Å². The quantitative estimate of drug-likeness (QED) is 0.280. The first-order valence-electron chi connectivity index (χ1n) is 12.3. The second-order valence-electron chi connectivity index (χ2n) is 8.97. The molecule has 3 heterocycles. The monoisotopic (exact) mass is 529 g/mol. The first kappa shape index (κ1) is 27.4. The van der Waals surface area contributed by atoms with Crippen molar-refractivity contribution in [2.24, 2.45) is 10.2 Å². The third kappa shape index (κ3) is 7.68. The van der Waals surface area contributed by atoms with E-state index >= 15 is 0 Å². The zero-order valence-electron chi connectivity index (χ0n) is 21.1. The number of nitrogens with one attached hydrogen (secondary N) is 1. The van der Waals surface area contributed by atoms with E-state index in [1.165, 1.54) is 12.1 Å². The van der Waals surface area contributed by atoms with Crippen LogP contribution < -0.4 is 17.2 Å². The minimum Gasteiger partial charge on any atom is -0.399 e. The van der Waals surface area contributed by atoms with Crippen LogP contribution in [0.25, 0.3) is 0 Å². The average Bonchev–Trinajstić information content (AvgIpc) is 3.24. The summed E-state index contributed by atoms with van der Waals surface area (Å²) in [5.41, 5.74) is 19.1. The molecule has 11 nitrogen and oxygen atoms in total. The summed E-state index contributed by atoms with van der Waals surface area (Å²) in [6.07, 6.45) is 0. The predicted octanol–water partition coefficient (Wildman–Crippen LogP) is 3.20. The van der Waals surface area contributed by atoms with Crippen molar-refractivity contribution in [3.63, 3.8) is 0 Å². The second-order valence-corrected chi connectivity index (χ2v) is 8.97. The molecule has 0 aliphatic carbocycles. The molecule has 2 aliphatic heterocycles. The van der Waals surface area contributed by atoms with E-state index in [0.29, 0.717) is 48.8 Å². The highest BCUT2D eigenvalue weighted by molar-refractivity contribution is 5.70. The molecule has 0 spiro atoms. The van der Waals surface area contributed by atoms with Gasteiger partial charge in [-0.3, -0.25) is 14.9 Å². The fourth-order valence-electron chi connectivity index (χ4n) is 4.00. The van der Waals surface area contributed by atoms with Crippen LogP contribution in [0.5, 0.6) is 0 Å². The number of aromatic nitrogens is 2. The number of hydrogen-bond donors (Lipinski definition) is 4. The average molecular weight is 530 g/mol. The van der Waals surface area contributed by atoms with Crippen molar-refractivity contribution in [2.45, 2.75) is 13.1 Å². The summed E-state index contributed by atoms with van der Waals surface area (Å²) in [7, 11) is 0. The molecule has 0 bridgehead atoms. The Bertz CT molecular complexity index is 1210. The maximum absolute atomic E-state index is 14.2. The number of nitrogen functional groups attached to an aromatic ring is 3. The van der Waals surface area contributed by atoms with Crippen LogP contribution in [0.15, 0.2) is 46.6 Å². The first-order valence-corrected chi connectivity index (χ1v) is 12.3. The maximum atomic E-state index is 14.2. The van der Waals surface area contributed by atoms with Gasteiger partial charge in [0.2, 0.25) is 0 Å². The van der Waals surface area contributed by atoms with Crippen LogP contribution >= 0.6 is 0 Å². The molecule has 38 heavy (non-hydrogen) atoms. The SMILES string of the molecule is Nc1ccc(CN2CCOCC2)c(F)c1.Nc1n[nH]c(N)c1N=Nc1ccc(CN2CCOCC2)c(F)c1. The number of aromatic amines is 1. The molecule has 2 aliphatic rings. The lowest BCUT2D eigenvalue weighted by atomic mass is 10.1. The Morgan fingerprint density at radius 2 is 1.34 bits per heavy atom. The van der Waals surface area contributed by atoms with Gasteiger partial charge < -0.3 is 26.7 Å². The van der Waals surface area contributed by atoms with Crippen molar-refractivity contribution in [2.75, 3.05) is 69.8 Å². The number of anilines is 3. The number of halogens is 2. The Balaban J connectivity index is 0.000000194. The number of rotatable bonds is 6. The van der Waals surface area contributed by atoms with Crippen LogP contribution in [0.2, 0.25) is 0 Å². The largest absolute Gasteiger partial charge is 0.399 e. The van der Waals surface area contributed by atoms with Crippen LogP contribution in [-0.2, 0) is 22.6 Å². The van der Waals surface area contributed by atoms with Crippen LogP contribution in [0.4, 0.5) is 37.5 Å². The molecule has 3 aromatic rings. The summed E-state index contributed by atoms with van der Waals surface area (Å²) in [6, 6.07) is 9.61. The van der Waals surface area contributed by atoms with E-state index in [0.717, 1.165) is 39.4 Å². The van der Waals surface area contributed by atoms with Crippen molar-refractivity contribution in [3.8, 4) is 0 Å². The molecule has 5 rings (SSSR count). The van der Waals surface area contributed by atoms with E-state index in [2.05, 4.69) is 30.2 Å². The summed E-state index contributed by atoms with van der Waals surface area (Å²) < 4.78 is 38.2. The van der Waals surface area contributed by atoms with Crippen molar-refractivity contribution < 1.29 is 18.3 Å². The minimum absolute atomic E-state index is 0.149. The summed E-state index contributed by atoms with van der Waals surface area (Å²) in [5.74, 6) is -0.172. The summed E-state index contributed by atoms with van der Waals surface area (Å²) in [6.45, 7) is 7.35. The number of benzene rings is 2. The molecule has 0 saturated carbocycles. The van der Waals surface area contributed by atoms with Crippen molar-refractivity contribution >= 4 is 28.7 Å². The highest BCUT2D eigenvalue weighted by Gasteiger charge is 2.14. The smallest absolute Gasteiger partial charge is 0.175 e. The number of hydrogen-bond acceptors (Lipinski definition) is 10. The second kappa shape index (κ2) is 13.2. The van der Waals surface area contributed by atoms with Gasteiger partial charge in [0, 0.05) is 62.1 Å². The Labute approximate surface area is 219 Å². The molecule has 0 unspecified atom stereocenters. The van der Waals surface area contributed by atoms with Crippen molar-refractivity contribution in [1.82, 2.24) is 20.0 Å². The van der Waals surface area contributed by atoms with Crippen LogP contribution in [-0.4, -0.2) is 72.6 Å². The van der Waals surface area contributed by atoms with Gasteiger partial charge in [0.15, 0.2) is 11.5 Å². The van der Waals surface area contributed by atoms with Crippen LogP contribution in [0, 0.1) is 11.6 Å². The fraction of sp³-hybridized carbons (Fsp3) is 0.400. The molecule has 2 aromatic carbocycles. The van der Waals surface area contributed by atoms with Gasteiger partial charge in [0.25, 0.3) is 0 Å². The van der Waals surface area contributed by atoms with Gasteiger partial charge >= 0.3 is 0 Å². The van der Waals surface area contributed by atoms with Crippen LogP contribution in [0.1, 0.15) is 11.1 Å². The van der Waals surface area contributed by atoms with Gasteiger partial charge in [-0.25, -0.2) is 8.78 Å². The molecule has 204 valence electrons. The van der Waals surface area contributed by atoms with Gasteiger partial charge in [-0.15, -0.1) is 5.11 Å². The topological polar surface area (TPSA) is 156 Å². The van der Waals surface area contributed by atoms with Gasteiger partial charge in [0.05, 0.1) is 32.1 Å². The number of H-pyrrole nitrogens is 1.